The molecule has 0 aliphatic carbocycles. The third-order valence-electron chi connectivity index (χ3n) is 5.66. The molecule has 0 aromatic carbocycles. The van der Waals surface area contributed by atoms with Gasteiger partial charge in [-0.25, -0.2) is 9.78 Å². The van der Waals surface area contributed by atoms with Gasteiger partial charge in [0.2, 0.25) is 5.82 Å². The second-order valence-corrected chi connectivity index (χ2v) is 7.79. The van der Waals surface area contributed by atoms with Crippen molar-refractivity contribution in [2.45, 2.75) is 18.7 Å². The monoisotopic (exact) mass is 449 g/mol. The summed E-state index contributed by atoms with van der Waals surface area (Å²) in [5.41, 5.74) is 0. The topological polar surface area (TPSA) is 110 Å². The van der Waals surface area contributed by atoms with E-state index in [-0.39, 0.29) is 5.91 Å². The van der Waals surface area contributed by atoms with Gasteiger partial charge in [-0.15, -0.1) is 5.10 Å². The molecule has 0 spiro atoms. The zero-order valence-electron chi connectivity index (χ0n) is 17.1. The SMILES string of the molecule is Cn1cnc(C(=O)N2CC[C@@H]3[C@@H](CO[C@H]3CN3CCOCC3)C2)n1.O=C(O)C(F)(F)F. The Morgan fingerprint density at radius 2 is 1.94 bits per heavy atom. The largest absolute Gasteiger partial charge is 0.490 e. The first-order valence-electron chi connectivity index (χ1n) is 10.0. The number of fused-ring (bicyclic) bond motifs is 1. The number of morpholine rings is 1. The predicted molar refractivity (Wildman–Crippen MR) is 99.2 cm³/mol. The van der Waals surface area contributed by atoms with E-state index in [0.29, 0.717) is 23.8 Å². The van der Waals surface area contributed by atoms with Crippen LogP contribution in [-0.4, -0.2) is 106 Å². The molecule has 0 radical (unpaired) electrons. The van der Waals surface area contributed by atoms with Crippen molar-refractivity contribution in [2.75, 3.05) is 52.5 Å². The van der Waals surface area contributed by atoms with Crippen LogP contribution < -0.4 is 0 Å². The Labute approximate surface area is 176 Å². The summed E-state index contributed by atoms with van der Waals surface area (Å²) in [5, 5.41) is 11.3. The highest BCUT2D eigenvalue weighted by atomic mass is 19.4. The molecule has 10 nitrogen and oxygen atoms in total. The van der Waals surface area contributed by atoms with Crippen molar-refractivity contribution in [1.29, 1.82) is 0 Å². The zero-order valence-corrected chi connectivity index (χ0v) is 17.1. The number of piperidine rings is 1. The number of aryl methyl sites for hydroxylation is 1. The third-order valence-corrected chi connectivity index (χ3v) is 5.66. The molecule has 3 aliphatic rings. The van der Waals surface area contributed by atoms with E-state index in [1.54, 1.807) is 18.1 Å². The Kier molecular flexibility index (Phi) is 7.49. The number of rotatable bonds is 3. The molecule has 4 heterocycles. The van der Waals surface area contributed by atoms with Gasteiger partial charge in [0.05, 0.1) is 25.9 Å². The Morgan fingerprint density at radius 3 is 2.52 bits per heavy atom. The van der Waals surface area contributed by atoms with Crippen molar-refractivity contribution in [3.8, 4) is 0 Å². The van der Waals surface area contributed by atoms with Crippen LogP contribution in [0.5, 0.6) is 0 Å². The van der Waals surface area contributed by atoms with Crippen molar-refractivity contribution < 1.29 is 37.3 Å². The number of hydrogen-bond acceptors (Lipinski definition) is 7. The normalized spacial score (nSPS) is 26.7. The van der Waals surface area contributed by atoms with Crippen LogP contribution >= 0.6 is 0 Å². The standard InChI is InChI=1S/C16H25N5O3.C2HF3O2/c1-19-11-17-15(18-19)16(22)21-3-2-13-12(8-21)10-24-14(13)9-20-4-6-23-7-5-20;3-2(4,5)1(6)7/h11-14H,2-10H2,1H3;(H,6,7)/t12-,13-,14+;/m1./s1. The predicted octanol–water partition coefficient (Wildman–Crippen LogP) is 0.258. The molecule has 174 valence electrons. The van der Waals surface area contributed by atoms with Crippen molar-refractivity contribution in [2.24, 2.45) is 18.9 Å². The Hall–Kier alpha value is -2.25. The van der Waals surface area contributed by atoms with Gasteiger partial charge in [0.1, 0.15) is 6.33 Å². The number of carbonyl (C=O) groups is 2. The summed E-state index contributed by atoms with van der Waals surface area (Å²) >= 11 is 0. The lowest BCUT2D eigenvalue weighted by molar-refractivity contribution is -0.192. The number of aliphatic carboxylic acids is 1. The number of likely N-dealkylation sites (tertiary alicyclic amines) is 1. The number of nitrogens with zero attached hydrogens (tertiary/aromatic N) is 5. The van der Waals surface area contributed by atoms with Crippen molar-refractivity contribution in [1.82, 2.24) is 24.6 Å². The highest BCUT2D eigenvalue weighted by molar-refractivity contribution is 5.90. The van der Waals surface area contributed by atoms with Crippen LogP contribution in [0.25, 0.3) is 0 Å². The van der Waals surface area contributed by atoms with E-state index in [2.05, 4.69) is 15.0 Å². The molecule has 0 bridgehead atoms. The number of alkyl halides is 3. The van der Waals surface area contributed by atoms with E-state index < -0.39 is 12.1 Å². The molecule has 4 rings (SSSR count). The van der Waals surface area contributed by atoms with Gasteiger partial charge in [-0.1, -0.05) is 0 Å². The number of aromatic nitrogens is 3. The Bertz CT molecular complexity index is 768. The molecular weight excluding hydrogens is 423 g/mol. The van der Waals surface area contributed by atoms with Crippen molar-refractivity contribution >= 4 is 11.9 Å². The van der Waals surface area contributed by atoms with Crippen LogP contribution in [0.4, 0.5) is 13.2 Å². The molecular formula is C18H26F3N5O5. The fourth-order valence-electron chi connectivity index (χ4n) is 4.08. The number of carbonyl (C=O) groups excluding carboxylic acids is 1. The molecule has 3 aliphatic heterocycles. The van der Waals surface area contributed by atoms with Crippen LogP contribution in [0.15, 0.2) is 6.33 Å². The molecule has 0 saturated carbocycles. The average molecular weight is 449 g/mol. The molecule has 1 aromatic rings. The minimum atomic E-state index is -5.08. The van der Waals surface area contributed by atoms with Crippen LogP contribution in [0.3, 0.4) is 0 Å². The summed E-state index contributed by atoms with van der Waals surface area (Å²) in [6.07, 6.45) is -2.23. The summed E-state index contributed by atoms with van der Waals surface area (Å²) in [7, 11) is 1.77. The van der Waals surface area contributed by atoms with Gasteiger partial charge < -0.3 is 19.5 Å². The fourth-order valence-corrected chi connectivity index (χ4v) is 4.08. The fraction of sp³-hybridized carbons (Fsp3) is 0.778. The summed E-state index contributed by atoms with van der Waals surface area (Å²) in [6.45, 7) is 6.88. The number of hydrogen-bond donors (Lipinski definition) is 1. The number of carboxylic acid groups (broad SMARTS) is 1. The molecule has 0 unspecified atom stereocenters. The first-order valence-corrected chi connectivity index (χ1v) is 10.0. The quantitative estimate of drug-likeness (QED) is 0.700. The highest BCUT2D eigenvalue weighted by Crippen LogP contribution is 2.35. The minimum Gasteiger partial charge on any atom is -0.475 e. The molecule has 3 atom stereocenters. The lowest BCUT2D eigenvalue weighted by Gasteiger charge is -2.36. The zero-order chi connectivity index (χ0) is 22.6. The highest BCUT2D eigenvalue weighted by Gasteiger charge is 2.43. The smallest absolute Gasteiger partial charge is 0.475 e. The van der Waals surface area contributed by atoms with E-state index in [4.69, 9.17) is 19.4 Å². The maximum atomic E-state index is 12.5. The first kappa shape index (κ1) is 23.4. The Balaban J connectivity index is 0.000000339. The van der Waals surface area contributed by atoms with E-state index >= 15 is 0 Å². The maximum Gasteiger partial charge on any atom is 0.490 e. The number of amides is 1. The molecule has 3 saturated heterocycles. The molecule has 13 heteroatoms. The van der Waals surface area contributed by atoms with Crippen LogP contribution in [0.1, 0.15) is 17.0 Å². The van der Waals surface area contributed by atoms with Crippen molar-refractivity contribution in [3.63, 3.8) is 0 Å². The van der Waals surface area contributed by atoms with Gasteiger partial charge in [0.25, 0.3) is 5.91 Å². The van der Waals surface area contributed by atoms with E-state index in [1.807, 2.05) is 4.90 Å². The van der Waals surface area contributed by atoms with Crippen LogP contribution in [-0.2, 0) is 21.3 Å². The van der Waals surface area contributed by atoms with Gasteiger partial charge in [-0.05, 0) is 12.3 Å². The lowest BCUT2D eigenvalue weighted by atomic mass is 9.84. The molecule has 1 N–H and O–H groups in total. The lowest BCUT2D eigenvalue weighted by Crippen LogP contribution is -2.47. The molecule has 1 amide bonds. The minimum absolute atomic E-state index is 0.0642. The summed E-state index contributed by atoms with van der Waals surface area (Å²) < 4.78 is 44.8. The Morgan fingerprint density at radius 1 is 1.26 bits per heavy atom. The summed E-state index contributed by atoms with van der Waals surface area (Å²) in [5.74, 6) is -1.55. The summed E-state index contributed by atoms with van der Waals surface area (Å²) in [4.78, 5) is 29.8. The van der Waals surface area contributed by atoms with Crippen LogP contribution in [0, 0.1) is 11.8 Å². The van der Waals surface area contributed by atoms with E-state index in [0.717, 1.165) is 59.0 Å². The second kappa shape index (κ2) is 9.92. The van der Waals surface area contributed by atoms with Crippen LogP contribution in [0.2, 0.25) is 0 Å². The number of halogens is 3. The number of carboxylic acids is 1. The van der Waals surface area contributed by atoms with Gasteiger partial charge in [0.15, 0.2) is 0 Å². The van der Waals surface area contributed by atoms with Gasteiger partial charge in [-0.3, -0.25) is 14.4 Å². The molecule has 3 fully saturated rings. The summed E-state index contributed by atoms with van der Waals surface area (Å²) in [6, 6.07) is 0. The molecule has 31 heavy (non-hydrogen) atoms. The maximum absolute atomic E-state index is 12.5. The van der Waals surface area contributed by atoms with E-state index in [1.165, 1.54) is 0 Å². The van der Waals surface area contributed by atoms with Crippen molar-refractivity contribution in [3.05, 3.63) is 12.2 Å². The average Bonchev–Trinajstić information content (AvgIpc) is 3.34. The van der Waals surface area contributed by atoms with Gasteiger partial charge in [-0.2, -0.15) is 13.2 Å². The molecule has 1 aromatic heterocycles. The van der Waals surface area contributed by atoms with E-state index in [9.17, 15) is 18.0 Å². The third kappa shape index (κ3) is 6.14. The van der Waals surface area contributed by atoms with Gasteiger partial charge >= 0.3 is 12.1 Å². The number of ether oxygens (including phenoxy) is 2. The first-order chi connectivity index (χ1) is 14.6. The van der Waals surface area contributed by atoms with Gasteiger partial charge in [0, 0.05) is 45.7 Å². The second-order valence-electron chi connectivity index (χ2n) is 7.79.